The Bertz CT molecular complexity index is 1080. The molecule has 1 N–H and O–H groups in total. The number of carbonyl (C=O) groups excluding carboxylic acids is 1. The first-order valence-electron chi connectivity index (χ1n) is 9.47. The summed E-state index contributed by atoms with van der Waals surface area (Å²) in [6.07, 6.45) is 0. The Labute approximate surface area is 175 Å². The van der Waals surface area contributed by atoms with E-state index < -0.39 is 17.5 Å². The summed E-state index contributed by atoms with van der Waals surface area (Å²) >= 11 is 0. The van der Waals surface area contributed by atoms with Crippen LogP contribution in [0.5, 0.6) is 5.75 Å². The number of amides is 1. The molecule has 0 aliphatic rings. The maximum atomic E-state index is 14.7. The van der Waals surface area contributed by atoms with Gasteiger partial charge in [-0.25, -0.2) is 8.78 Å². The molecule has 0 radical (unpaired) electrons. The molecule has 0 fully saturated rings. The van der Waals surface area contributed by atoms with Gasteiger partial charge in [0.05, 0.1) is 12.7 Å². The standard InChI is InChI=1S/C24H24F2N2O2/c1-15-5-10-23(17(11-15)14-28(2)3)27-24(29)20-8-6-16(12-21(20)25)19-9-7-18(30-4)13-22(19)26/h5-13H,14H2,1-4H3,(H,27,29). The van der Waals surface area contributed by atoms with Gasteiger partial charge in [-0.05, 0) is 62.5 Å². The Morgan fingerprint density at radius 3 is 2.40 bits per heavy atom. The Morgan fingerprint density at radius 1 is 1.00 bits per heavy atom. The molecule has 3 rings (SSSR count). The van der Waals surface area contributed by atoms with Gasteiger partial charge in [0.15, 0.2) is 0 Å². The zero-order valence-corrected chi connectivity index (χ0v) is 17.4. The first-order valence-corrected chi connectivity index (χ1v) is 9.47. The Morgan fingerprint density at radius 2 is 1.77 bits per heavy atom. The minimum absolute atomic E-state index is 0.107. The second kappa shape index (κ2) is 9.05. The fourth-order valence-corrected chi connectivity index (χ4v) is 3.23. The summed E-state index contributed by atoms with van der Waals surface area (Å²) in [5, 5.41) is 2.79. The first kappa shape index (κ1) is 21.5. The Kier molecular flexibility index (Phi) is 6.47. The highest BCUT2D eigenvalue weighted by molar-refractivity contribution is 6.05. The van der Waals surface area contributed by atoms with Gasteiger partial charge in [-0.1, -0.05) is 23.8 Å². The lowest BCUT2D eigenvalue weighted by atomic mass is 10.0. The third kappa shape index (κ3) is 4.83. The fourth-order valence-electron chi connectivity index (χ4n) is 3.23. The summed E-state index contributed by atoms with van der Waals surface area (Å²) in [5.74, 6) is -1.43. The first-order chi connectivity index (χ1) is 14.3. The number of aryl methyl sites for hydroxylation is 1. The topological polar surface area (TPSA) is 41.6 Å². The molecule has 0 aliphatic carbocycles. The van der Waals surface area contributed by atoms with Crippen LogP contribution in [-0.2, 0) is 6.54 Å². The van der Waals surface area contributed by atoms with Crippen LogP contribution in [0.3, 0.4) is 0 Å². The van der Waals surface area contributed by atoms with Gasteiger partial charge in [-0.15, -0.1) is 0 Å². The maximum Gasteiger partial charge on any atom is 0.258 e. The zero-order chi connectivity index (χ0) is 21.8. The van der Waals surface area contributed by atoms with Crippen molar-refractivity contribution in [3.63, 3.8) is 0 Å². The predicted molar refractivity (Wildman–Crippen MR) is 115 cm³/mol. The number of halogens is 2. The Hall–Kier alpha value is -3.25. The highest BCUT2D eigenvalue weighted by Gasteiger charge is 2.16. The van der Waals surface area contributed by atoms with Gasteiger partial charge >= 0.3 is 0 Å². The lowest BCUT2D eigenvalue weighted by molar-refractivity contribution is 0.102. The molecule has 4 nitrogen and oxygen atoms in total. The quantitative estimate of drug-likeness (QED) is 0.603. The number of ether oxygens (including phenoxy) is 1. The highest BCUT2D eigenvalue weighted by Crippen LogP contribution is 2.28. The molecule has 0 unspecified atom stereocenters. The van der Waals surface area contributed by atoms with E-state index in [1.807, 2.05) is 44.1 Å². The third-order valence-electron chi connectivity index (χ3n) is 4.70. The van der Waals surface area contributed by atoms with E-state index in [-0.39, 0.29) is 11.1 Å². The molecule has 0 aromatic heterocycles. The molecular formula is C24H24F2N2O2. The molecule has 0 heterocycles. The number of hydrogen-bond donors (Lipinski definition) is 1. The van der Waals surface area contributed by atoms with Crippen molar-refractivity contribution in [1.82, 2.24) is 4.90 Å². The van der Waals surface area contributed by atoms with Gasteiger partial charge in [-0.3, -0.25) is 4.79 Å². The molecule has 0 saturated carbocycles. The second-order valence-corrected chi connectivity index (χ2v) is 7.39. The number of nitrogens with one attached hydrogen (secondary N) is 1. The van der Waals surface area contributed by atoms with Crippen LogP contribution in [0.1, 0.15) is 21.5 Å². The largest absolute Gasteiger partial charge is 0.497 e. The normalized spacial score (nSPS) is 10.9. The summed E-state index contributed by atoms with van der Waals surface area (Å²) in [5.41, 5.74) is 3.10. The van der Waals surface area contributed by atoms with Gasteiger partial charge in [0.2, 0.25) is 0 Å². The predicted octanol–water partition coefficient (Wildman–Crippen LogP) is 5.26. The van der Waals surface area contributed by atoms with Gasteiger partial charge in [0.25, 0.3) is 5.91 Å². The number of methoxy groups -OCH3 is 1. The summed E-state index contributed by atoms with van der Waals surface area (Å²) in [6, 6.07) is 14.1. The molecule has 1 amide bonds. The molecule has 30 heavy (non-hydrogen) atoms. The van der Waals surface area contributed by atoms with E-state index >= 15 is 0 Å². The number of anilines is 1. The van der Waals surface area contributed by atoms with Crippen molar-refractivity contribution in [1.29, 1.82) is 0 Å². The summed E-state index contributed by atoms with van der Waals surface area (Å²) < 4.78 is 34.0. The fraction of sp³-hybridized carbons (Fsp3) is 0.208. The molecule has 3 aromatic rings. The minimum atomic E-state index is -0.721. The lowest BCUT2D eigenvalue weighted by Gasteiger charge is -2.16. The van der Waals surface area contributed by atoms with E-state index in [1.54, 1.807) is 6.07 Å². The molecule has 0 atom stereocenters. The molecule has 6 heteroatoms. The molecule has 0 saturated heterocycles. The van der Waals surface area contributed by atoms with Crippen LogP contribution in [0.25, 0.3) is 11.1 Å². The summed E-state index contributed by atoms with van der Waals surface area (Å²) in [6.45, 7) is 2.61. The van der Waals surface area contributed by atoms with Crippen molar-refractivity contribution in [2.24, 2.45) is 0 Å². The monoisotopic (exact) mass is 410 g/mol. The van der Waals surface area contributed by atoms with Crippen molar-refractivity contribution in [3.05, 3.63) is 82.9 Å². The van der Waals surface area contributed by atoms with Gasteiger partial charge < -0.3 is 15.0 Å². The van der Waals surface area contributed by atoms with Crippen molar-refractivity contribution in [3.8, 4) is 16.9 Å². The smallest absolute Gasteiger partial charge is 0.258 e. The molecule has 156 valence electrons. The molecule has 3 aromatic carbocycles. The van der Waals surface area contributed by atoms with Gasteiger partial charge in [-0.2, -0.15) is 0 Å². The highest BCUT2D eigenvalue weighted by atomic mass is 19.1. The van der Waals surface area contributed by atoms with Crippen molar-refractivity contribution in [2.75, 3.05) is 26.5 Å². The van der Waals surface area contributed by atoms with E-state index in [9.17, 15) is 13.6 Å². The van der Waals surface area contributed by atoms with Crippen molar-refractivity contribution < 1.29 is 18.3 Å². The van der Waals surface area contributed by atoms with Gasteiger partial charge in [0.1, 0.15) is 17.4 Å². The molecule has 0 spiro atoms. The average molecular weight is 410 g/mol. The third-order valence-corrected chi connectivity index (χ3v) is 4.70. The van der Waals surface area contributed by atoms with Crippen LogP contribution >= 0.6 is 0 Å². The number of carbonyl (C=O) groups is 1. The van der Waals surface area contributed by atoms with Crippen LogP contribution in [0.2, 0.25) is 0 Å². The maximum absolute atomic E-state index is 14.7. The average Bonchev–Trinajstić information content (AvgIpc) is 2.69. The van der Waals surface area contributed by atoms with Crippen LogP contribution < -0.4 is 10.1 Å². The van der Waals surface area contributed by atoms with E-state index in [0.717, 1.165) is 17.2 Å². The Balaban J connectivity index is 1.86. The summed E-state index contributed by atoms with van der Waals surface area (Å²) in [4.78, 5) is 14.7. The van der Waals surface area contributed by atoms with Crippen LogP contribution in [0, 0.1) is 18.6 Å². The zero-order valence-electron chi connectivity index (χ0n) is 17.4. The lowest BCUT2D eigenvalue weighted by Crippen LogP contribution is -2.17. The molecule has 0 aliphatic heterocycles. The van der Waals surface area contributed by atoms with E-state index in [2.05, 4.69) is 5.32 Å². The van der Waals surface area contributed by atoms with Crippen molar-refractivity contribution in [2.45, 2.75) is 13.5 Å². The van der Waals surface area contributed by atoms with Crippen molar-refractivity contribution >= 4 is 11.6 Å². The molecular weight excluding hydrogens is 386 g/mol. The molecule has 0 bridgehead atoms. The number of benzene rings is 3. The number of nitrogens with zero attached hydrogens (tertiary/aromatic N) is 1. The van der Waals surface area contributed by atoms with E-state index in [1.165, 1.54) is 31.4 Å². The SMILES string of the molecule is COc1ccc(-c2ccc(C(=O)Nc3ccc(C)cc3CN(C)C)c(F)c2)c(F)c1. The second-order valence-electron chi connectivity index (χ2n) is 7.39. The summed E-state index contributed by atoms with van der Waals surface area (Å²) in [7, 11) is 5.31. The minimum Gasteiger partial charge on any atom is -0.497 e. The number of rotatable bonds is 6. The van der Waals surface area contributed by atoms with Crippen LogP contribution in [0.4, 0.5) is 14.5 Å². The number of hydrogen-bond acceptors (Lipinski definition) is 3. The van der Waals surface area contributed by atoms with Gasteiger partial charge in [0, 0.05) is 23.9 Å². The van der Waals surface area contributed by atoms with Crippen LogP contribution in [0.15, 0.2) is 54.6 Å². The van der Waals surface area contributed by atoms with Crippen LogP contribution in [-0.4, -0.2) is 32.0 Å². The van der Waals surface area contributed by atoms with E-state index in [4.69, 9.17) is 4.74 Å². The van der Waals surface area contributed by atoms with E-state index in [0.29, 0.717) is 23.5 Å².